The molecule has 0 unspecified atom stereocenters. The van der Waals surface area contributed by atoms with Crippen molar-refractivity contribution in [1.82, 2.24) is 5.32 Å². The second-order valence-corrected chi connectivity index (χ2v) is 11.7. The lowest BCUT2D eigenvalue weighted by Gasteiger charge is -2.36. The van der Waals surface area contributed by atoms with Crippen LogP contribution in [0, 0.1) is 0 Å². The third kappa shape index (κ3) is 4.60. The van der Waals surface area contributed by atoms with Gasteiger partial charge in [0.15, 0.2) is 8.32 Å². The number of nitrogens with one attached hydrogen (secondary N) is 1. The van der Waals surface area contributed by atoms with Crippen molar-refractivity contribution >= 4 is 19.9 Å². The molecule has 0 amide bonds. The molecule has 19 heavy (non-hydrogen) atoms. The minimum atomic E-state index is -1.72. The van der Waals surface area contributed by atoms with Crippen LogP contribution in [0.1, 0.15) is 31.9 Å². The number of halogens is 1. The lowest BCUT2D eigenvalue weighted by Crippen LogP contribution is -2.40. The van der Waals surface area contributed by atoms with Crippen LogP contribution in [-0.2, 0) is 17.6 Å². The van der Waals surface area contributed by atoms with Gasteiger partial charge in [-0.25, -0.2) is 0 Å². The number of benzene rings is 1. The molecule has 0 bridgehead atoms. The molecule has 4 heteroatoms. The van der Waals surface area contributed by atoms with Crippen molar-refractivity contribution in [2.45, 2.75) is 52.1 Å². The summed E-state index contributed by atoms with van der Waals surface area (Å²) in [5, 5.41) is 4.17. The van der Waals surface area contributed by atoms with Gasteiger partial charge in [0.1, 0.15) is 0 Å². The highest BCUT2D eigenvalue weighted by molar-refractivity contribution is 6.74. The molecule has 0 aromatic heterocycles. The van der Waals surface area contributed by atoms with Crippen molar-refractivity contribution in [3.63, 3.8) is 0 Å². The highest BCUT2D eigenvalue weighted by Gasteiger charge is 2.37. The molecule has 0 saturated heterocycles. The summed E-state index contributed by atoms with van der Waals surface area (Å²) in [5.41, 5.74) is 2.32. The SMILES string of the molecule is CNCc1ccc(Cl)c(CO[Si](C)(C)C(C)(C)C)c1. The van der Waals surface area contributed by atoms with Gasteiger partial charge in [-0.05, 0) is 42.4 Å². The van der Waals surface area contributed by atoms with E-state index in [1.165, 1.54) is 5.56 Å². The van der Waals surface area contributed by atoms with Gasteiger partial charge in [0, 0.05) is 11.6 Å². The molecule has 0 aliphatic carbocycles. The summed E-state index contributed by atoms with van der Waals surface area (Å²) >= 11 is 6.25. The summed E-state index contributed by atoms with van der Waals surface area (Å²) in [6.45, 7) is 12.7. The summed E-state index contributed by atoms with van der Waals surface area (Å²) in [4.78, 5) is 0. The Morgan fingerprint density at radius 1 is 1.26 bits per heavy atom. The first-order valence-corrected chi connectivity index (χ1v) is 10.0. The molecule has 0 heterocycles. The van der Waals surface area contributed by atoms with Crippen molar-refractivity contribution in [3.8, 4) is 0 Å². The van der Waals surface area contributed by atoms with Crippen LogP contribution in [0.15, 0.2) is 18.2 Å². The molecule has 0 atom stereocenters. The Kier molecular flexibility index (Phi) is 5.62. The van der Waals surface area contributed by atoms with Gasteiger partial charge >= 0.3 is 0 Å². The third-order valence-electron chi connectivity index (χ3n) is 3.89. The van der Waals surface area contributed by atoms with Crippen LogP contribution in [-0.4, -0.2) is 15.4 Å². The van der Waals surface area contributed by atoms with Crippen molar-refractivity contribution in [2.75, 3.05) is 7.05 Å². The Balaban J connectivity index is 2.80. The van der Waals surface area contributed by atoms with E-state index in [9.17, 15) is 0 Å². The maximum absolute atomic E-state index is 6.25. The summed E-state index contributed by atoms with van der Waals surface area (Å²) < 4.78 is 6.23. The summed E-state index contributed by atoms with van der Waals surface area (Å²) in [5.74, 6) is 0. The minimum Gasteiger partial charge on any atom is -0.413 e. The lowest BCUT2D eigenvalue weighted by atomic mass is 10.1. The van der Waals surface area contributed by atoms with Crippen LogP contribution in [0.5, 0.6) is 0 Å². The van der Waals surface area contributed by atoms with Gasteiger partial charge in [-0.15, -0.1) is 0 Å². The van der Waals surface area contributed by atoms with E-state index in [-0.39, 0.29) is 5.04 Å². The maximum Gasteiger partial charge on any atom is 0.192 e. The van der Waals surface area contributed by atoms with Crippen LogP contribution in [0.25, 0.3) is 0 Å². The Morgan fingerprint density at radius 3 is 2.42 bits per heavy atom. The monoisotopic (exact) mass is 299 g/mol. The molecule has 1 aromatic carbocycles. The zero-order valence-corrected chi connectivity index (χ0v) is 14.7. The predicted octanol–water partition coefficient (Wildman–Crippen LogP) is 4.58. The number of hydrogen-bond donors (Lipinski definition) is 1. The van der Waals surface area contributed by atoms with Crippen molar-refractivity contribution in [3.05, 3.63) is 34.3 Å². The number of rotatable bonds is 5. The second-order valence-electron chi connectivity index (χ2n) is 6.51. The lowest BCUT2D eigenvalue weighted by molar-refractivity contribution is 0.276. The van der Waals surface area contributed by atoms with Gasteiger partial charge < -0.3 is 9.74 Å². The van der Waals surface area contributed by atoms with E-state index in [4.69, 9.17) is 16.0 Å². The van der Waals surface area contributed by atoms with Crippen molar-refractivity contribution in [1.29, 1.82) is 0 Å². The maximum atomic E-state index is 6.25. The van der Waals surface area contributed by atoms with Crippen LogP contribution < -0.4 is 5.32 Å². The first kappa shape index (κ1) is 16.7. The van der Waals surface area contributed by atoms with Gasteiger partial charge in [-0.1, -0.05) is 44.5 Å². The van der Waals surface area contributed by atoms with Crippen LogP contribution in [0.4, 0.5) is 0 Å². The van der Waals surface area contributed by atoms with E-state index in [0.29, 0.717) is 6.61 Å². The first-order chi connectivity index (χ1) is 8.67. The molecule has 1 rings (SSSR count). The Labute approximate surface area is 123 Å². The molecule has 0 radical (unpaired) electrons. The molecule has 0 saturated carbocycles. The van der Waals surface area contributed by atoms with E-state index < -0.39 is 8.32 Å². The quantitative estimate of drug-likeness (QED) is 0.804. The topological polar surface area (TPSA) is 21.3 Å². The zero-order chi connectivity index (χ0) is 14.7. The van der Waals surface area contributed by atoms with E-state index >= 15 is 0 Å². The Bertz CT molecular complexity index is 427. The van der Waals surface area contributed by atoms with Crippen molar-refractivity contribution < 1.29 is 4.43 Å². The molecule has 0 aliphatic heterocycles. The van der Waals surface area contributed by atoms with E-state index in [2.05, 4.69) is 51.3 Å². The highest BCUT2D eigenvalue weighted by atomic mass is 35.5. The fraction of sp³-hybridized carbons (Fsp3) is 0.600. The van der Waals surface area contributed by atoms with E-state index in [0.717, 1.165) is 17.1 Å². The smallest absolute Gasteiger partial charge is 0.192 e. The molecule has 2 nitrogen and oxygen atoms in total. The average Bonchev–Trinajstić information content (AvgIpc) is 2.29. The fourth-order valence-corrected chi connectivity index (χ4v) is 2.65. The van der Waals surface area contributed by atoms with Gasteiger partial charge in [0.25, 0.3) is 0 Å². The molecule has 0 spiro atoms. The zero-order valence-electron chi connectivity index (χ0n) is 12.9. The van der Waals surface area contributed by atoms with Gasteiger partial charge in [0.2, 0.25) is 0 Å². The Hall–Kier alpha value is -0.353. The van der Waals surface area contributed by atoms with Gasteiger partial charge in [-0.2, -0.15) is 0 Å². The van der Waals surface area contributed by atoms with E-state index in [1.807, 2.05) is 13.1 Å². The second kappa shape index (κ2) is 6.40. The number of hydrogen-bond acceptors (Lipinski definition) is 2. The third-order valence-corrected chi connectivity index (χ3v) is 8.73. The van der Waals surface area contributed by atoms with Crippen LogP contribution in [0.2, 0.25) is 23.2 Å². The average molecular weight is 300 g/mol. The minimum absolute atomic E-state index is 0.224. The molecular formula is C15H26ClNOSi. The first-order valence-electron chi connectivity index (χ1n) is 6.73. The van der Waals surface area contributed by atoms with E-state index in [1.54, 1.807) is 0 Å². The largest absolute Gasteiger partial charge is 0.413 e. The molecule has 0 fully saturated rings. The van der Waals surface area contributed by atoms with Crippen LogP contribution in [0.3, 0.4) is 0 Å². The van der Waals surface area contributed by atoms with Crippen LogP contribution >= 0.6 is 11.6 Å². The molecule has 1 N–H and O–H groups in total. The molecular weight excluding hydrogens is 274 g/mol. The fourth-order valence-electron chi connectivity index (χ4n) is 1.53. The molecule has 1 aromatic rings. The van der Waals surface area contributed by atoms with Crippen molar-refractivity contribution in [2.24, 2.45) is 0 Å². The summed E-state index contributed by atoms with van der Waals surface area (Å²) in [6.07, 6.45) is 0. The standard InChI is InChI=1S/C15H26ClNOSi/c1-15(2,3)19(5,6)18-11-13-9-12(10-17-4)7-8-14(13)16/h7-9,17H,10-11H2,1-6H3. The highest BCUT2D eigenvalue weighted by Crippen LogP contribution is 2.37. The normalized spacial score (nSPS) is 12.8. The summed E-state index contributed by atoms with van der Waals surface area (Å²) in [6, 6.07) is 6.14. The van der Waals surface area contributed by atoms with Gasteiger partial charge in [-0.3, -0.25) is 0 Å². The molecule has 108 valence electrons. The van der Waals surface area contributed by atoms with Gasteiger partial charge in [0.05, 0.1) is 6.61 Å². The Morgan fingerprint density at radius 2 is 1.89 bits per heavy atom. The predicted molar refractivity (Wildman–Crippen MR) is 86.2 cm³/mol. The summed E-state index contributed by atoms with van der Waals surface area (Å²) in [7, 11) is 0.224. The molecule has 0 aliphatic rings.